The lowest BCUT2D eigenvalue weighted by atomic mass is 10.1. The molecule has 1 aromatic heterocycles. The Morgan fingerprint density at radius 1 is 1.00 bits per heavy atom. The summed E-state index contributed by atoms with van der Waals surface area (Å²) >= 11 is 5.42. The summed E-state index contributed by atoms with van der Waals surface area (Å²) in [5.41, 5.74) is 0.573. The number of aryl methyl sites for hydroxylation is 1. The van der Waals surface area contributed by atoms with Crippen LogP contribution in [0.15, 0.2) is 42.5 Å². The second-order valence-corrected chi connectivity index (χ2v) is 6.37. The van der Waals surface area contributed by atoms with E-state index in [2.05, 4.69) is 4.85 Å². The van der Waals surface area contributed by atoms with Gasteiger partial charge in [-0.2, -0.15) is 13.2 Å². The van der Waals surface area contributed by atoms with Gasteiger partial charge in [-0.25, -0.2) is 4.85 Å². The van der Waals surface area contributed by atoms with Crippen LogP contribution in [0.25, 0.3) is 16.2 Å². The number of aromatic nitrogens is 2. The fourth-order valence-electron chi connectivity index (χ4n) is 2.81. The number of rotatable bonds is 2. The van der Waals surface area contributed by atoms with Crippen molar-refractivity contribution in [1.29, 1.82) is 0 Å². The molecule has 0 saturated carbocycles. The highest BCUT2D eigenvalue weighted by Gasteiger charge is 2.34. The minimum Gasteiger partial charge on any atom is -0.493 e. The van der Waals surface area contributed by atoms with Crippen molar-refractivity contribution < 1.29 is 18.3 Å². The fourth-order valence-corrected chi connectivity index (χ4v) is 3.25. The summed E-state index contributed by atoms with van der Waals surface area (Å²) in [6, 6.07) is 10.6. The van der Waals surface area contributed by atoms with Gasteiger partial charge in [0.05, 0.1) is 17.8 Å². The van der Waals surface area contributed by atoms with E-state index in [4.69, 9.17) is 18.8 Å². The van der Waals surface area contributed by atoms with E-state index in [1.807, 2.05) is 31.2 Å². The Hall–Kier alpha value is -3.05. The molecule has 0 saturated heterocycles. The van der Waals surface area contributed by atoms with Crippen LogP contribution in [0.5, 0.6) is 5.88 Å². The smallest absolute Gasteiger partial charge is 0.407 e. The summed E-state index contributed by atoms with van der Waals surface area (Å²) in [5, 5.41) is 10.5. The standard InChI is InChI=1S/C19H14F3N3OS/c1-11-4-6-13(7-5-11)24-12(2)17(26)25(18(24)27)14-8-9-16(23-3)15(10-14)19(20,21)22/h4-10,26H,1-2H3. The SMILES string of the molecule is [C-]#[N+]c1ccc(-n2c(O)c(C)n(-c3ccc(C)cc3)c2=S)cc1C(F)(F)F. The molecule has 0 fully saturated rings. The second kappa shape index (κ2) is 6.59. The molecule has 4 nitrogen and oxygen atoms in total. The number of halogens is 3. The number of alkyl halides is 3. The lowest BCUT2D eigenvalue weighted by Gasteiger charge is -2.12. The summed E-state index contributed by atoms with van der Waals surface area (Å²) < 4.78 is 42.7. The van der Waals surface area contributed by atoms with E-state index < -0.39 is 17.4 Å². The molecular formula is C19H14F3N3OS. The van der Waals surface area contributed by atoms with E-state index >= 15 is 0 Å². The van der Waals surface area contributed by atoms with E-state index in [1.165, 1.54) is 6.07 Å². The summed E-state index contributed by atoms with van der Waals surface area (Å²) in [4.78, 5) is 2.92. The quantitative estimate of drug-likeness (QED) is 0.438. The molecule has 0 aliphatic heterocycles. The van der Waals surface area contributed by atoms with Crippen LogP contribution in [0.2, 0.25) is 0 Å². The van der Waals surface area contributed by atoms with E-state index in [-0.39, 0.29) is 16.3 Å². The Bertz CT molecular complexity index is 1120. The van der Waals surface area contributed by atoms with Crippen LogP contribution in [-0.2, 0) is 6.18 Å². The van der Waals surface area contributed by atoms with Crippen molar-refractivity contribution in [3.63, 3.8) is 0 Å². The third-order valence-corrected chi connectivity index (χ3v) is 4.57. The average Bonchev–Trinajstić information content (AvgIpc) is 2.84. The Labute approximate surface area is 158 Å². The van der Waals surface area contributed by atoms with E-state index in [1.54, 1.807) is 11.5 Å². The molecule has 0 atom stereocenters. The van der Waals surface area contributed by atoms with Gasteiger partial charge in [0.1, 0.15) is 0 Å². The summed E-state index contributed by atoms with van der Waals surface area (Å²) in [6.07, 6.45) is -4.69. The number of benzene rings is 2. The maximum absolute atomic E-state index is 13.3. The van der Waals surface area contributed by atoms with Crippen molar-refractivity contribution in [3.8, 4) is 17.3 Å². The average molecular weight is 389 g/mol. The second-order valence-electron chi connectivity index (χ2n) is 6.01. The molecule has 0 aliphatic carbocycles. The molecule has 1 heterocycles. The zero-order valence-electron chi connectivity index (χ0n) is 14.4. The van der Waals surface area contributed by atoms with Gasteiger partial charge in [-0.05, 0) is 50.3 Å². The highest BCUT2D eigenvalue weighted by Crippen LogP contribution is 2.38. The van der Waals surface area contributed by atoms with Gasteiger partial charge >= 0.3 is 6.18 Å². The molecule has 0 amide bonds. The third kappa shape index (κ3) is 3.22. The Kier molecular flexibility index (Phi) is 4.57. The van der Waals surface area contributed by atoms with Crippen molar-refractivity contribution in [3.05, 3.63) is 75.5 Å². The van der Waals surface area contributed by atoms with Crippen LogP contribution in [0, 0.1) is 25.2 Å². The topological polar surface area (TPSA) is 34.5 Å². The lowest BCUT2D eigenvalue weighted by Crippen LogP contribution is -2.07. The van der Waals surface area contributed by atoms with Crippen LogP contribution < -0.4 is 0 Å². The van der Waals surface area contributed by atoms with Gasteiger partial charge in [-0.15, -0.1) is 0 Å². The molecule has 1 N–H and O–H groups in total. The van der Waals surface area contributed by atoms with E-state index in [0.29, 0.717) is 11.4 Å². The maximum atomic E-state index is 13.3. The first kappa shape index (κ1) is 18.7. The van der Waals surface area contributed by atoms with Crippen LogP contribution in [0.1, 0.15) is 16.8 Å². The Balaban J connectivity index is 2.26. The van der Waals surface area contributed by atoms with Crippen LogP contribution in [-0.4, -0.2) is 14.2 Å². The highest BCUT2D eigenvalue weighted by molar-refractivity contribution is 7.71. The number of hydrogen-bond acceptors (Lipinski definition) is 2. The van der Waals surface area contributed by atoms with E-state index in [0.717, 1.165) is 22.3 Å². The zero-order chi connectivity index (χ0) is 19.9. The molecule has 0 bridgehead atoms. The van der Waals surface area contributed by atoms with Gasteiger partial charge in [0.15, 0.2) is 10.5 Å². The normalized spacial score (nSPS) is 11.4. The van der Waals surface area contributed by atoms with Crippen LogP contribution in [0.4, 0.5) is 18.9 Å². The summed E-state index contributed by atoms with van der Waals surface area (Å²) in [6.45, 7) is 10.5. The zero-order valence-corrected chi connectivity index (χ0v) is 15.2. The van der Waals surface area contributed by atoms with Gasteiger partial charge in [0.2, 0.25) is 5.88 Å². The molecule has 2 aromatic carbocycles. The van der Waals surface area contributed by atoms with Crippen molar-refractivity contribution in [2.45, 2.75) is 20.0 Å². The third-order valence-electron chi connectivity index (χ3n) is 4.21. The Morgan fingerprint density at radius 3 is 2.15 bits per heavy atom. The molecule has 3 rings (SSSR count). The summed E-state index contributed by atoms with van der Waals surface area (Å²) in [5.74, 6) is -0.260. The van der Waals surface area contributed by atoms with Gasteiger partial charge in [0.25, 0.3) is 0 Å². The molecule has 0 radical (unpaired) electrons. The fraction of sp³-hybridized carbons (Fsp3) is 0.158. The minimum absolute atomic E-state index is 0.0335. The predicted molar refractivity (Wildman–Crippen MR) is 98.3 cm³/mol. The van der Waals surface area contributed by atoms with Crippen molar-refractivity contribution in [2.24, 2.45) is 0 Å². The van der Waals surface area contributed by atoms with Crippen LogP contribution in [0.3, 0.4) is 0 Å². The van der Waals surface area contributed by atoms with E-state index in [9.17, 15) is 18.3 Å². The molecule has 0 spiro atoms. The number of aromatic hydroxyl groups is 1. The molecule has 138 valence electrons. The molecule has 0 unspecified atom stereocenters. The molecule has 3 aromatic rings. The van der Waals surface area contributed by atoms with Gasteiger partial charge in [0, 0.05) is 11.4 Å². The predicted octanol–water partition coefficient (Wildman–Crippen LogP) is 5.89. The highest BCUT2D eigenvalue weighted by atomic mass is 32.1. The van der Waals surface area contributed by atoms with Gasteiger partial charge < -0.3 is 5.11 Å². The monoisotopic (exact) mass is 389 g/mol. The lowest BCUT2D eigenvalue weighted by molar-refractivity contribution is -0.136. The number of hydrogen-bond donors (Lipinski definition) is 1. The molecule has 27 heavy (non-hydrogen) atoms. The van der Waals surface area contributed by atoms with Crippen molar-refractivity contribution >= 4 is 17.9 Å². The first-order valence-corrected chi connectivity index (χ1v) is 8.25. The summed E-state index contributed by atoms with van der Waals surface area (Å²) in [7, 11) is 0. The first-order valence-electron chi connectivity index (χ1n) is 7.84. The maximum Gasteiger partial charge on any atom is 0.407 e. The number of imidazole rings is 1. The van der Waals surface area contributed by atoms with Crippen molar-refractivity contribution in [2.75, 3.05) is 0 Å². The first-order chi connectivity index (χ1) is 12.6. The van der Waals surface area contributed by atoms with Gasteiger partial charge in [-0.1, -0.05) is 23.8 Å². The Morgan fingerprint density at radius 2 is 1.59 bits per heavy atom. The van der Waals surface area contributed by atoms with Crippen molar-refractivity contribution in [1.82, 2.24) is 9.13 Å². The largest absolute Gasteiger partial charge is 0.493 e. The minimum atomic E-state index is -4.69. The molecular weight excluding hydrogens is 375 g/mol. The van der Waals surface area contributed by atoms with Gasteiger partial charge in [-0.3, -0.25) is 9.13 Å². The molecule has 8 heteroatoms. The van der Waals surface area contributed by atoms with Crippen LogP contribution >= 0.6 is 12.2 Å². The number of nitrogens with zero attached hydrogens (tertiary/aromatic N) is 3. The molecule has 0 aliphatic rings.